The van der Waals surface area contributed by atoms with Gasteiger partial charge < -0.3 is 9.40 Å². The van der Waals surface area contributed by atoms with Crippen LogP contribution in [-0.2, 0) is 20.1 Å². The number of nitrogens with zero attached hydrogens (tertiary/aromatic N) is 3. The normalized spacial score (nSPS) is 10.8. The Labute approximate surface area is 238 Å². The smallest absolute Gasteiger partial charge is 0.216 e. The molecule has 6 heteroatoms. The molecule has 0 aliphatic rings. The largest absolute Gasteiger partial charge is 0.486 e. The van der Waals surface area contributed by atoms with E-state index >= 15 is 0 Å². The van der Waals surface area contributed by atoms with Crippen molar-refractivity contribution in [2.45, 2.75) is 20.8 Å². The van der Waals surface area contributed by atoms with Crippen LogP contribution in [0.2, 0.25) is 0 Å². The zero-order valence-electron chi connectivity index (χ0n) is 21.1. The number of thiophene rings is 1. The van der Waals surface area contributed by atoms with Gasteiger partial charge >= 0.3 is 0 Å². The minimum absolute atomic E-state index is 0. The fourth-order valence-electron chi connectivity index (χ4n) is 4.26. The van der Waals surface area contributed by atoms with E-state index in [9.17, 15) is 0 Å². The van der Waals surface area contributed by atoms with Crippen LogP contribution in [0.15, 0.2) is 88.8 Å². The molecule has 7 rings (SSSR count). The number of hydrogen-bond acceptors (Lipinski definition) is 5. The van der Waals surface area contributed by atoms with Crippen LogP contribution in [0.3, 0.4) is 0 Å². The maximum absolute atomic E-state index is 6.06. The van der Waals surface area contributed by atoms with E-state index in [1.54, 1.807) is 11.3 Å². The predicted octanol–water partition coefficient (Wildman–Crippen LogP) is 8.53. The van der Waals surface area contributed by atoms with Crippen molar-refractivity contribution in [3.05, 3.63) is 113 Å². The van der Waals surface area contributed by atoms with E-state index in [1.807, 2.05) is 74.6 Å². The number of rotatable bonds is 2. The number of aromatic nitrogens is 3. The fourth-order valence-corrected chi connectivity index (χ4v) is 5.18. The molecule has 5 aromatic heterocycles. The van der Waals surface area contributed by atoms with Crippen molar-refractivity contribution in [2.24, 2.45) is 0 Å². The van der Waals surface area contributed by atoms with Crippen molar-refractivity contribution in [2.75, 3.05) is 0 Å². The fraction of sp³-hybridized carbons (Fsp3) is 0.0938. The predicted molar refractivity (Wildman–Crippen MR) is 152 cm³/mol. The van der Waals surface area contributed by atoms with Crippen LogP contribution in [0.25, 0.3) is 54.8 Å². The summed E-state index contributed by atoms with van der Waals surface area (Å²) in [5.74, 6) is 0. The molecule has 0 spiro atoms. The van der Waals surface area contributed by atoms with Gasteiger partial charge in [-0.25, -0.2) is 4.98 Å². The minimum Gasteiger partial charge on any atom is -0.486 e. The quantitative estimate of drug-likeness (QED) is 0.171. The Bertz CT molecular complexity index is 1860. The monoisotopic (exact) mass is 690 g/mol. The Hall–Kier alpha value is -3.70. The third-order valence-corrected chi connectivity index (χ3v) is 7.23. The van der Waals surface area contributed by atoms with Crippen molar-refractivity contribution < 1.29 is 24.5 Å². The maximum atomic E-state index is 6.06. The van der Waals surface area contributed by atoms with Crippen LogP contribution < -0.4 is 0 Å². The molecule has 38 heavy (non-hydrogen) atoms. The molecule has 1 radical (unpaired) electrons. The Morgan fingerprint density at radius 1 is 0.763 bits per heavy atom. The average Bonchev–Trinajstić information content (AvgIpc) is 3.49. The molecule has 7 aromatic rings. The summed E-state index contributed by atoms with van der Waals surface area (Å²) in [6.07, 6.45) is 1.87. The minimum atomic E-state index is 0. The average molecular weight is 690 g/mol. The van der Waals surface area contributed by atoms with Crippen LogP contribution >= 0.6 is 11.3 Å². The number of benzene rings is 2. The van der Waals surface area contributed by atoms with Gasteiger partial charge in [-0.05, 0) is 60.8 Å². The van der Waals surface area contributed by atoms with Gasteiger partial charge in [0.15, 0.2) is 0 Å². The summed E-state index contributed by atoms with van der Waals surface area (Å²) in [4.78, 5) is 14.7. The number of furan rings is 1. The van der Waals surface area contributed by atoms with Crippen molar-refractivity contribution in [1.82, 2.24) is 15.0 Å². The van der Waals surface area contributed by atoms with Gasteiger partial charge in [0.25, 0.3) is 0 Å². The number of hydrogen-bond donors (Lipinski definition) is 0. The molecule has 0 unspecified atom stereocenters. The zero-order valence-corrected chi connectivity index (χ0v) is 24.3. The first-order valence-corrected chi connectivity index (χ1v) is 12.9. The Balaban J connectivity index is 0.000000179. The first kappa shape index (κ1) is 25.9. The molecule has 0 saturated heterocycles. The van der Waals surface area contributed by atoms with Crippen molar-refractivity contribution in [1.29, 1.82) is 0 Å². The molecule has 0 saturated carbocycles. The molecule has 0 N–H and O–H groups in total. The molecule has 189 valence electrons. The number of fused-ring (bicyclic) bond motifs is 4. The first-order chi connectivity index (χ1) is 18.1. The van der Waals surface area contributed by atoms with Crippen LogP contribution in [0.1, 0.15) is 16.8 Å². The third-order valence-electron chi connectivity index (χ3n) is 6.22. The van der Waals surface area contributed by atoms with E-state index in [4.69, 9.17) is 9.40 Å². The summed E-state index contributed by atoms with van der Waals surface area (Å²) < 4.78 is 6.06. The topological polar surface area (TPSA) is 51.8 Å². The van der Waals surface area contributed by atoms with E-state index in [2.05, 4.69) is 52.6 Å². The zero-order chi connectivity index (χ0) is 25.4. The number of aryl methyl sites for hydroxylation is 3. The van der Waals surface area contributed by atoms with Gasteiger partial charge in [-0.15, -0.1) is 65.4 Å². The molecule has 0 aliphatic heterocycles. The van der Waals surface area contributed by atoms with Crippen LogP contribution in [-0.4, -0.2) is 15.0 Å². The van der Waals surface area contributed by atoms with Gasteiger partial charge in [-0.3, -0.25) is 4.98 Å². The summed E-state index contributed by atoms with van der Waals surface area (Å²) in [6, 6.07) is 30.6. The molecule has 0 bridgehead atoms. The van der Waals surface area contributed by atoms with Crippen LogP contribution in [0, 0.1) is 32.9 Å². The third kappa shape index (κ3) is 5.03. The summed E-state index contributed by atoms with van der Waals surface area (Å²) in [5, 5.41) is 5.42. The molecule has 0 amide bonds. The van der Waals surface area contributed by atoms with E-state index in [0.717, 1.165) is 49.4 Å². The Morgan fingerprint density at radius 2 is 1.61 bits per heavy atom. The second-order valence-corrected chi connectivity index (χ2v) is 9.83. The second-order valence-electron chi connectivity index (χ2n) is 8.97. The van der Waals surface area contributed by atoms with Crippen LogP contribution in [0.4, 0.5) is 0 Å². The van der Waals surface area contributed by atoms with Gasteiger partial charge in [-0.2, -0.15) is 0 Å². The summed E-state index contributed by atoms with van der Waals surface area (Å²) in [6.45, 7) is 6.11. The van der Waals surface area contributed by atoms with Gasteiger partial charge in [-0.1, -0.05) is 35.2 Å². The Kier molecular flexibility index (Phi) is 7.48. The van der Waals surface area contributed by atoms with Gasteiger partial charge in [0, 0.05) is 42.8 Å². The van der Waals surface area contributed by atoms with Crippen molar-refractivity contribution >= 4 is 43.6 Å². The molecule has 5 heterocycles. The molecule has 0 fully saturated rings. The van der Waals surface area contributed by atoms with E-state index < -0.39 is 0 Å². The van der Waals surface area contributed by atoms with Crippen LogP contribution in [0.5, 0.6) is 0 Å². The van der Waals surface area contributed by atoms with E-state index in [-0.39, 0.29) is 20.1 Å². The molecule has 0 aliphatic carbocycles. The van der Waals surface area contributed by atoms with Crippen molar-refractivity contribution in [3.8, 4) is 22.5 Å². The summed E-state index contributed by atoms with van der Waals surface area (Å²) in [7, 11) is 0. The molecular weight excluding hydrogens is 667 g/mol. The van der Waals surface area contributed by atoms with Gasteiger partial charge in [0.2, 0.25) is 5.71 Å². The molecular formula is C32H23IrN3OS-2. The van der Waals surface area contributed by atoms with E-state index in [1.165, 1.54) is 16.5 Å². The van der Waals surface area contributed by atoms with Gasteiger partial charge in [0.05, 0.1) is 5.58 Å². The first-order valence-electron chi connectivity index (χ1n) is 12.0. The summed E-state index contributed by atoms with van der Waals surface area (Å²) >= 11 is 1.67. The number of pyridine rings is 3. The molecule has 2 aromatic carbocycles. The Morgan fingerprint density at radius 3 is 2.39 bits per heavy atom. The van der Waals surface area contributed by atoms with Gasteiger partial charge in [0.1, 0.15) is 4.83 Å². The molecule has 4 nitrogen and oxygen atoms in total. The maximum Gasteiger partial charge on any atom is 0.216 e. The standard InChI is InChI=1S/C20H13N2OS.C12H10N.Ir/c1-11-10-24-20-13(11)8-9-17(22-20)16-5-3-4-14-15-7-6-12(2)21-19(15)23-18(14)16;1-10-7-8-12(13-9-10)11-5-3-2-4-6-11;/h3-4,6-10H,1-2H3;2-5,7-9H,1H3;/q2*-1;. The SMILES string of the molecule is Cc1ccc(-c2[c-]cccc2)nc1.Cc1ccc2c(n1)oc1c(-c3ccc4c(C)csc4n3)[c-]ccc12.[Ir]. The van der Waals surface area contributed by atoms with Crippen molar-refractivity contribution in [3.63, 3.8) is 0 Å². The summed E-state index contributed by atoms with van der Waals surface area (Å²) in [5.41, 5.74) is 8.64. The second kappa shape index (κ2) is 11.0. The van der Waals surface area contributed by atoms with E-state index in [0.29, 0.717) is 5.71 Å². The molecule has 0 atom stereocenters.